The van der Waals surface area contributed by atoms with E-state index in [0.717, 1.165) is 49.4 Å². The highest BCUT2D eigenvalue weighted by atomic mass is 79.9. The van der Waals surface area contributed by atoms with E-state index in [0.29, 0.717) is 16.7 Å². The van der Waals surface area contributed by atoms with Crippen molar-refractivity contribution in [2.24, 2.45) is 34.5 Å². The summed E-state index contributed by atoms with van der Waals surface area (Å²) in [7, 11) is 0. The smallest absolute Gasteiger partial charge is 0.306 e. The summed E-state index contributed by atoms with van der Waals surface area (Å²) in [5.74, 6) is 3.53. The van der Waals surface area contributed by atoms with Crippen LogP contribution in [-0.2, 0) is 9.53 Å². The first-order valence-corrected chi connectivity index (χ1v) is 18.4. The summed E-state index contributed by atoms with van der Waals surface area (Å²) in [6.45, 7) is 9.82. The number of esters is 1. The molecule has 2 nitrogen and oxygen atoms in total. The van der Waals surface area contributed by atoms with Crippen molar-refractivity contribution in [2.45, 2.75) is 171 Å². The molecule has 4 aliphatic rings. The Labute approximate surface area is 252 Å². The van der Waals surface area contributed by atoms with E-state index in [1.165, 1.54) is 96.3 Å². The van der Waals surface area contributed by atoms with Gasteiger partial charge in [0, 0.05) is 22.0 Å². The van der Waals surface area contributed by atoms with Crippen molar-refractivity contribution in [3.63, 3.8) is 0 Å². The average Bonchev–Trinajstić information content (AvgIpc) is 3.22. The van der Waals surface area contributed by atoms with Gasteiger partial charge in [0.15, 0.2) is 0 Å². The van der Waals surface area contributed by atoms with Crippen molar-refractivity contribution >= 4 is 37.8 Å². The Balaban J connectivity index is 1.36. The number of hydrogen-bond acceptors (Lipinski definition) is 2. The molecule has 0 aliphatic heterocycles. The molecule has 0 aromatic rings. The van der Waals surface area contributed by atoms with E-state index in [1.807, 2.05) is 0 Å². The molecule has 0 aromatic heterocycles. The molecule has 0 N–H and O–H groups in total. The van der Waals surface area contributed by atoms with Gasteiger partial charge < -0.3 is 4.74 Å². The third-order valence-corrected chi connectivity index (χ3v) is 15.9. The lowest BCUT2D eigenvalue weighted by Gasteiger charge is -2.65. The molecule has 0 amide bonds. The molecule has 38 heavy (non-hydrogen) atoms. The third kappa shape index (κ3) is 6.27. The lowest BCUT2D eigenvalue weighted by Crippen LogP contribution is -2.64. The van der Waals surface area contributed by atoms with Gasteiger partial charge in [-0.2, -0.15) is 0 Å². The monoisotopic (exact) mass is 656 g/mol. The van der Waals surface area contributed by atoms with Crippen LogP contribution in [0.3, 0.4) is 0 Å². The van der Waals surface area contributed by atoms with Crippen molar-refractivity contribution in [3.8, 4) is 0 Å². The van der Waals surface area contributed by atoms with Crippen molar-refractivity contribution in [1.82, 2.24) is 0 Å². The van der Waals surface area contributed by atoms with E-state index in [1.54, 1.807) is 0 Å². The Morgan fingerprint density at radius 2 is 1.53 bits per heavy atom. The zero-order chi connectivity index (χ0) is 27.4. The molecule has 0 unspecified atom stereocenters. The van der Waals surface area contributed by atoms with E-state index in [-0.39, 0.29) is 21.8 Å². The second-order valence-corrected chi connectivity index (χ2v) is 16.9. The highest BCUT2D eigenvalue weighted by molar-refractivity contribution is 9.12. The predicted octanol–water partition coefficient (Wildman–Crippen LogP) is 11.2. The van der Waals surface area contributed by atoms with Gasteiger partial charge in [0.2, 0.25) is 0 Å². The number of carbonyl (C=O) groups is 1. The second-order valence-electron chi connectivity index (χ2n) is 14.4. The van der Waals surface area contributed by atoms with Gasteiger partial charge in [-0.1, -0.05) is 117 Å². The number of carbonyl (C=O) groups excluding carboxylic acids is 1. The molecule has 0 bridgehead atoms. The minimum Gasteiger partial charge on any atom is -0.462 e. The fourth-order valence-corrected chi connectivity index (χ4v) is 12.1. The molecule has 0 saturated heterocycles. The predicted molar refractivity (Wildman–Crippen MR) is 168 cm³/mol. The molecule has 220 valence electrons. The molecule has 9 atom stereocenters. The number of halogens is 2. The van der Waals surface area contributed by atoms with Crippen LogP contribution >= 0.6 is 31.9 Å². The number of alkyl halides is 2. The Morgan fingerprint density at radius 3 is 2.26 bits per heavy atom. The van der Waals surface area contributed by atoms with E-state index in [2.05, 4.69) is 59.6 Å². The SMILES string of the molecule is CCCCCCCC[C@@H]1CC[C@@H]2[C@@H]3C[C@H](Br)[C@]4(Br)C[C@@H](OC(=O)CCCCCC)CC[C@]4(C)[C@H]3CC[C@]12C. The molecule has 4 aliphatic carbocycles. The van der Waals surface area contributed by atoms with E-state index in [9.17, 15) is 4.79 Å². The lowest BCUT2D eigenvalue weighted by atomic mass is 9.44. The molecular formula is C34H58Br2O2. The Bertz CT molecular complexity index is 772. The topological polar surface area (TPSA) is 26.3 Å². The highest BCUT2D eigenvalue weighted by Crippen LogP contribution is 2.71. The van der Waals surface area contributed by atoms with Gasteiger partial charge in [-0.05, 0) is 92.3 Å². The number of rotatable bonds is 13. The molecule has 4 saturated carbocycles. The fourth-order valence-electron chi connectivity index (χ4n) is 9.94. The first-order valence-electron chi connectivity index (χ1n) is 16.7. The van der Waals surface area contributed by atoms with Crippen LogP contribution in [0.5, 0.6) is 0 Å². The normalized spacial score (nSPS) is 42.3. The third-order valence-electron chi connectivity index (χ3n) is 12.3. The zero-order valence-corrected chi connectivity index (χ0v) is 28.4. The van der Waals surface area contributed by atoms with Crippen LogP contribution < -0.4 is 0 Å². The highest BCUT2D eigenvalue weighted by Gasteiger charge is 2.66. The first-order chi connectivity index (χ1) is 18.2. The van der Waals surface area contributed by atoms with Crippen LogP contribution in [0.15, 0.2) is 0 Å². The summed E-state index contributed by atoms with van der Waals surface area (Å²) in [6, 6.07) is 0. The van der Waals surface area contributed by atoms with Crippen molar-refractivity contribution in [1.29, 1.82) is 0 Å². The Kier molecular flexibility index (Phi) is 11.2. The van der Waals surface area contributed by atoms with Crippen LogP contribution in [0.2, 0.25) is 0 Å². The Hall–Kier alpha value is 0.430. The van der Waals surface area contributed by atoms with Crippen LogP contribution in [0.1, 0.15) is 156 Å². The van der Waals surface area contributed by atoms with Gasteiger partial charge in [-0.15, -0.1) is 0 Å². The maximum atomic E-state index is 12.6. The van der Waals surface area contributed by atoms with E-state index >= 15 is 0 Å². The molecule has 4 heteroatoms. The molecule has 0 spiro atoms. The lowest BCUT2D eigenvalue weighted by molar-refractivity contribution is -0.157. The van der Waals surface area contributed by atoms with Gasteiger partial charge in [-0.3, -0.25) is 4.79 Å². The number of fused-ring (bicyclic) bond motifs is 5. The van der Waals surface area contributed by atoms with Crippen molar-refractivity contribution in [3.05, 3.63) is 0 Å². The number of unbranched alkanes of at least 4 members (excludes halogenated alkanes) is 8. The average molecular weight is 659 g/mol. The summed E-state index contributed by atoms with van der Waals surface area (Å²) < 4.78 is 6.12. The van der Waals surface area contributed by atoms with E-state index < -0.39 is 0 Å². The van der Waals surface area contributed by atoms with Gasteiger partial charge >= 0.3 is 5.97 Å². The van der Waals surface area contributed by atoms with E-state index in [4.69, 9.17) is 4.74 Å². The minimum atomic E-state index is 0.0246. The molecule has 4 rings (SSSR count). The summed E-state index contributed by atoms with van der Waals surface area (Å²) in [5, 5.41) is 0. The largest absolute Gasteiger partial charge is 0.462 e. The van der Waals surface area contributed by atoms with Gasteiger partial charge in [0.25, 0.3) is 0 Å². The maximum Gasteiger partial charge on any atom is 0.306 e. The summed E-state index contributed by atoms with van der Waals surface area (Å²) in [5.41, 5.74) is 0.831. The number of ether oxygens (including phenoxy) is 1. The second kappa shape index (κ2) is 13.6. The minimum absolute atomic E-state index is 0.0246. The van der Waals surface area contributed by atoms with Crippen molar-refractivity contribution < 1.29 is 9.53 Å². The zero-order valence-electron chi connectivity index (χ0n) is 25.2. The van der Waals surface area contributed by atoms with Crippen molar-refractivity contribution in [2.75, 3.05) is 0 Å². The Morgan fingerprint density at radius 1 is 0.842 bits per heavy atom. The van der Waals surface area contributed by atoms with Gasteiger partial charge in [-0.25, -0.2) is 0 Å². The van der Waals surface area contributed by atoms with Crippen LogP contribution in [0, 0.1) is 34.5 Å². The molecule has 0 aromatic carbocycles. The molecule has 0 heterocycles. The molecular weight excluding hydrogens is 600 g/mol. The van der Waals surface area contributed by atoms with Crippen LogP contribution in [0.4, 0.5) is 0 Å². The van der Waals surface area contributed by atoms with Gasteiger partial charge in [0.05, 0.1) is 0 Å². The summed E-state index contributed by atoms with van der Waals surface area (Å²) in [4.78, 5) is 13.1. The standard InChI is InChI=1S/C34H58Br2O2/c1-5-7-9-11-12-13-15-25-17-18-28-27-23-30(35)34(36)24-26(38-31(37)16-14-10-8-6-2)19-22-33(34,4)29(27)20-21-32(25,28)3/h25-30H,5-24H2,1-4H3/t25-,26+,27+,28-,29+,30+,32-,33-,34-/m1/s1. The maximum absolute atomic E-state index is 12.6. The van der Waals surface area contributed by atoms with Crippen LogP contribution in [-0.4, -0.2) is 21.2 Å². The van der Waals surface area contributed by atoms with Gasteiger partial charge in [0.1, 0.15) is 6.10 Å². The van der Waals surface area contributed by atoms with Crippen LogP contribution in [0.25, 0.3) is 0 Å². The molecule has 4 fully saturated rings. The molecule has 0 radical (unpaired) electrons. The summed E-state index contributed by atoms with van der Waals surface area (Å²) >= 11 is 8.63. The first kappa shape index (κ1) is 31.4. The fraction of sp³-hybridized carbons (Fsp3) is 0.971. The number of hydrogen-bond donors (Lipinski definition) is 0. The summed E-state index contributed by atoms with van der Waals surface area (Å²) in [6.07, 6.45) is 25.4. The quantitative estimate of drug-likeness (QED) is 0.112.